The zero-order chi connectivity index (χ0) is 15.1. The number of para-hydroxylation sites is 1. The topological polar surface area (TPSA) is 62.3 Å². The highest BCUT2D eigenvalue weighted by atomic mass is 16.2. The van der Waals surface area contributed by atoms with Crippen LogP contribution in [0.4, 0.5) is 5.69 Å². The molecule has 0 spiro atoms. The van der Waals surface area contributed by atoms with Crippen LogP contribution in [-0.2, 0) is 4.79 Å². The van der Waals surface area contributed by atoms with Crippen LogP contribution in [0.1, 0.15) is 16.9 Å². The first-order chi connectivity index (χ1) is 10.2. The summed E-state index contributed by atoms with van der Waals surface area (Å²) < 4.78 is 0. The number of nitrogens with zero attached hydrogens (tertiary/aromatic N) is 2. The van der Waals surface area contributed by atoms with Crippen molar-refractivity contribution in [3.05, 3.63) is 60.4 Å². The van der Waals surface area contributed by atoms with Gasteiger partial charge in [0.25, 0.3) is 5.91 Å². The number of carbonyl (C=O) groups excluding carboxylic acids is 2. The quantitative estimate of drug-likeness (QED) is 0.911. The second-order valence-electron chi connectivity index (χ2n) is 4.51. The van der Waals surface area contributed by atoms with Crippen LogP contribution in [0, 0.1) is 0 Å². The number of hydrogen-bond donors (Lipinski definition) is 1. The summed E-state index contributed by atoms with van der Waals surface area (Å²) >= 11 is 0. The Morgan fingerprint density at radius 2 is 1.81 bits per heavy atom. The first-order valence-electron chi connectivity index (χ1n) is 6.69. The van der Waals surface area contributed by atoms with Crippen molar-refractivity contribution in [2.45, 2.75) is 6.42 Å². The molecule has 0 unspecified atom stereocenters. The van der Waals surface area contributed by atoms with Crippen molar-refractivity contribution in [1.82, 2.24) is 10.3 Å². The van der Waals surface area contributed by atoms with Crippen LogP contribution in [0.2, 0.25) is 0 Å². The summed E-state index contributed by atoms with van der Waals surface area (Å²) in [6, 6.07) is 14.5. The number of rotatable bonds is 5. The SMILES string of the molecule is CN(C(=O)CCNC(=O)c1ccccn1)c1ccccc1. The lowest BCUT2D eigenvalue weighted by atomic mass is 10.2. The molecule has 1 aromatic carbocycles. The van der Waals surface area contributed by atoms with Crippen molar-refractivity contribution in [1.29, 1.82) is 0 Å². The third-order valence-electron chi connectivity index (χ3n) is 3.04. The number of aromatic nitrogens is 1. The molecule has 0 bridgehead atoms. The zero-order valence-electron chi connectivity index (χ0n) is 11.8. The highest BCUT2D eigenvalue weighted by Crippen LogP contribution is 2.11. The van der Waals surface area contributed by atoms with Crippen LogP contribution < -0.4 is 10.2 Å². The fourth-order valence-corrected chi connectivity index (χ4v) is 1.83. The maximum atomic E-state index is 12.0. The summed E-state index contributed by atoms with van der Waals surface area (Å²) in [6.45, 7) is 0.283. The third-order valence-corrected chi connectivity index (χ3v) is 3.04. The summed E-state index contributed by atoms with van der Waals surface area (Å²) in [7, 11) is 1.72. The summed E-state index contributed by atoms with van der Waals surface area (Å²) in [5.74, 6) is -0.326. The van der Waals surface area contributed by atoms with Crippen molar-refractivity contribution >= 4 is 17.5 Å². The molecule has 5 heteroatoms. The predicted octanol–water partition coefficient (Wildman–Crippen LogP) is 1.86. The lowest BCUT2D eigenvalue weighted by Crippen LogP contribution is -2.32. The number of anilines is 1. The monoisotopic (exact) mass is 283 g/mol. The van der Waals surface area contributed by atoms with E-state index >= 15 is 0 Å². The zero-order valence-corrected chi connectivity index (χ0v) is 11.8. The molecule has 21 heavy (non-hydrogen) atoms. The Hall–Kier alpha value is -2.69. The average Bonchev–Trinajstić information content (AvgIpc) is 2.55. The van der Waals surface area contributed by atoms with Crippen LogP contribution in [0.3, 0.4) is 0 Å². The smallest absolute Gasteiger partial charge is 0.269 e. The first-order valence-corrected chi connectivity index (χ1v) is 6.69. The average molecular weight is 283 g/mol. The van der Waals surface area contributed by atoms with E-state index in [-0.39, 0.29) is 24.8 Å². The van der Waals surface area contributed by atoms with Gasteiger partial charge in [0.15, 0.2) is 0 Å². The molecule has 0 saturated carbocycles. The van der Waals surface area contributed by atoms with Gasteiger partial charge in [0, 0.05) is 31.9 Å². The predicted molar refractivity (Wildman–Crippen MR) is 81.0 cm³/mol. The fourth-order valence-electron chi connectivity index (χ4n) is 1.83. The third kappa shape index (κ3) is 4.14. The Labute approximate surface area is 123 Å². The molecule has 0 aliphatic heterocycles. The van der Waals surface area contributed by atoms with Crippen molar-refractivity contribution in [2.75, 3.05) is 18.5 Å². The van der Waals surface area contributed by atoms with Crippen LogP contribution in [0.25, 0.3) is 0 Å². The number of benzene rings is 1. The maximum absolute atomic E-state index is 12.0. The standard InChI is InChI=1S/C16H17N3O2/c1-19(13-7-3-2-4-8-13)15(20)10-12-18-16(21)14-9-5-6-11-17-14/h2-9,11H,10,12H2,1H3,(H,18,21). The Morgan fingerprint density at radius 3 is 2.48 bits per heavy atom. The van der Waals surface area contributed by atoms with E-state index in [9.17, 15) is 9.59 Å². The number of amides is 2. The van der Waals surface area contributed by atoms with E-state index in [0.29, 0.717) is 5.69 Å². The van der Waals surface area contributed by atoms with E-state index in [2.05, 4.69) is 10.3 Å². The van der Waals surface area contributed by atoms with E-state index in [4.69, 9.17) is 0 Å². The van der Waals surface area contributed by atoms with Crippen LogP contribution >= 0.6 is 0 Å². The molecule has 0 fully saturated rings. The Morgan fingerprint density at radius 1 is 1.10 bits per heavy atom. The van der Waals surface area contributed by atoms with Gasteiger partial charge in [-0.1, -0.05) is 24.3 Å². The number of nitrogens with one attached hydrogen (secondary N) is 1. The van der Waals surface area contributed by atoms with Crippen molar-refractivity contribution in [3.8, 4) is 0 Å². The van der Waals surface area contributed by atoms with Crippen LogP contribution in [0.15, 0.2) is 54.7 Å². The second-order valence-corrected chi connectivity index (χ2v) is 4.51. The lowest BCUT2D eigenvalue weighted by molar-refractivity contribution is -0.118. The molecule has 108 valence electrons. The molecule has 2 aromatic rings. The van der Waals surface area contributed by atoms with Gasteiger partial charge in [-0.3, -0.25) is 14.6 Å². The normalized spacial score (nSPS) is 9.95. The molecular weight excluding hydrogens is 266 g/mol. The number of hydrogen-bond acceptors (Lipinski definition) is 3. The van der Waals surface area contributed by atoms with Crippen LogP contribution in [-0.4, -0.2) is 30.4 Å². The largest absolute Gasteiger partial charge is 0.350 e. The highest BCUT2D eigenvalue weighted by Gasteiger charge is 2.11. The minimum absolute atomic E-state index is 0.0532. The van der Waals surface area contributed by atoms with E-state index in [1.54, 1.807) is 36.3 Å². The van der Waals surface area contributed by atoms with Gasteiger partial charge < -0.3 is 10.2 Å². The number of pyridine rings is 1. The second kappa shape index (κ2) is 7.19. The molecule has 0 saturated heterocycles. The van der Waals surface area contributed by atoms with Crippen molar-refractivity contribution in [3.63, 3.8) is 0 Å². The molecule has 0 radical (unpaired) electrons. The first kappa shape index (κ1) is 14.7. The van der Waals surface area contributed by atoms with Gasteiger partial charge >= 0.3 is 0 Å². The van der Waals surface area contributed by atoms with Crippen molar-refractivity contribution in [2.24, 2.45) is 0 Å². The van der Waals surface area contributed by atoms with Gasteiger partial charge in [0.1, 0.15) is 5.69 Å². The van der Waals surface area contributed by atoms with Gasteiger partial charge in [-0.2, -0.15) is 0 Å². The molecule has 1 aromatic heterocycles. The molecule has 0 aliphatic rings. The van der Waals surface area contributed by atoms with Gasteiger partial charge in [-0.05, 0) is 24.3 Å². The summed E-state index contributed by atoms with van der Waals surface area (Å²) in [6.07, 6.45) is 1.80. The van der Waals surface area contributed by atoms with E-state index in [0.717, 1.165) is 5.69 Å². The van der Waals surface area contributed by atoms with E-state index in [1.807, 2.05) is 30.3 Å². The Kier molecular flexibility index (Phi) is 5.04. The number of carbonyl (C=O) groups is 2. The van der Waals surface area contributed by atoms with Gasteiger partial charge in [-0.25, -0.2) is 0 Å². The van der Waals surface area contributed by atoms with E-state index in [1.165, 1.54) is 0 Å². The van der Waals surface area contributed by atoms with Crippen LogP contribution in [0.5, 0.6) is 0 Å². The molecule has 2 rings (SSSR count). The van der Waals surface area contributed by atoms with E-state index < -0.39 is 0 Å². The molecule has 0 atom stereocenters. The summed E-state index contributed by atoms with van der Waals surface area (Å²) in [4.78, 5) is 29.3. The molecule has 5 nitrogen and oxygen atoms in total. The van der Waals surface area contributed by atoms with Gasteiger partial charge in [-0.15, -0.1) is 0 Å². The highest BCUT2D eigenvalue weighted by molar-refractivity contribution is 5.94. The maximum Gasteiger partial charge on any atom is 0.269 e. The fraction of sp³-hybridized carbons (Fsp3) is 0.188. The van der Waals surface area contributed by atoms with Gasteiger partial charge in [0.2, 0.25) is 5.91 Å². The minimum Gasteiger partial charge on any atom is -0.350 e. The minimum atomic E-state index is -0.272. The lowest BCUT2D eigenvalue weighted by Gasteiger charge is -2.17. The molecule has 2 amide bonds. The Bertz CT molecular complexity index is 599. The molecular formula is C16H17N3O2. The van der Waals surface area contributed by atoms with Gasteiger partial charge in [0.05, 0.1) is 0 Å². The summed E-state index contributed by atoms with van der Waals surface area (Å²) in [5.41, 5.74) is 1.18. The summed E-state index contributed by atoms with van der Waals surface area (Å²) in [5, 5.41) is 2.69. The van der Waals surface area contributed by atoms with Crippen molar-refractivity contribution < 1.29 is 9.59 Å². The molecule has 1 N–H and O–H groups in total. The Balaban J connectivity index is 1.81. The molecule has 1 heterocycles. The molecule has 0 aliphatic carbocycles.